The second-order valence-electron chi connectivity index (χ2n) is 4.27. The first-order chi connectivity index (χ1) is 8.34. The third kappa shape index (κ3) is 3.97. The smallest absolute Gasteiger partial charge is 0.281 e. The molecule has 0 aliphatic carbocycles. The van der Waals surface area contributed by atoms with Crippen LogP contribution < -0.4 is 4.74 Å². The van der Waals surface area contributed by atoms with Crippen molar-refractivity contribution in [3.8, 4) is 5.75 Å². The normalized spacial score (nSPS) is 12.1. The van der Waals surface area contributed by atoms with Gasteiger partial charge in [0.2, 0.25) is 0 Å². The van der Waals surface area contributed by atoms with E-state index in [4.69, 9.17) is 4.74 Å². The largest absolute Gasteiger partial charge is 0.492 e. The first kappa shape index (κ1) is 14.9. The van der Waals surface area contributed by atoms with Crippen LogP contribution in [0.4, 0.5) is 0 Å². The highest BCUT2D eigenvalue weighted by atomic mass is 32.2. The van der Waals surface area contributed by atoms with Crippen LogP contribution in [0.5, 0.6) is 5.75 Å². The van der Waals surface area contributed by atoms with Gasteiger partial charge in [0.15, 0.2) is 0 Å². The van der Waals surface area contributed by atoms with E-state index < -0.39 is 10.2 Å². The number of nitrogens with zero attached hydrogens (tertiary/aromatic N) is 2. The van der Waals surface area contributed by atoms with E-state index in [1.807, 2.05) is 31.2 Å². The maximum atomic E-state index is 11.7. The van der Waals surface area contributed by atoms with Crippen molar-refractivity contribution in [1.82, 2.24) is 8.61 Å². The number of rotatable bonds is 6. The molecule has 102 valence electrons. The minimum absolute atomic E-state index is 0.314. The molecule has 0 heterocycles. The summed E-state index contributed by atoms with van der Waals surface area (Å²) in [5.74, 6) is 0.747. The molecule has 0 unspecified atom stereocenters. The van der Waals surface area contributed by atoms with E-state index >= 15 is 0 Å². The Labute approximate surface area is 109 Å². The Bertz CT molecular complexity index is 469. The minimum Gasteiger partial charge on any atom is -0.492 e. The fourth-order valence-corrected chi connectivity index (χ4v) is 2.18. The summed E-state index contributed by atoms with van der Waals surface area (Å²) in [6, 6.07) is 7.65. The van der Waals surface area contributed by atoms with Crippen LogP contribution in [0, 0.1) is 6.92 Å². The van der Waals surface area contributed by atoms with Gasteiger partial charge in [-0.3, -0.25) is 0 Å². The van der Waals surface area contributed by atoms with Gasteiger partial charge in [0, 0.05) is 27.7 Å². The molecule has 1 aromatic rings. The first-order valence-electron chi connectivity index (χ1n) is 5.67. The van der Waals surface area contributed by atoms with E-state index in [0.717, 1.165) is 11.3 Å². The minimum atomic E-state index is -3.35. The van der Waals surface area contributed by atoms with Crippen LogP contribution in [0.25, 0.3) is 0 Å². The van der Waals surface area contributed by atoms with E-state index in [1.54, 1.807) is 0 Å². The van der Waals surface area contributed by atoms with E-state index in [1.165, 1.54) is 29.8 Å². The van der Waals surface area contributed by atoms with Gasteiger partial charge in [0.05, 0.1) is 0 Å². The molecule has 0 saturated heterocycles. The van der Waals surface area contributed by atoms with Gasteiger partial charge in [-0.2, -0.15) is 17.0 Å². The van der Waals surface area contributed by atoms with Crippen molar-refractivity contribution < 1.29 is 13.2 Å². The molecule has 0 N–H and O–H groups in total. The molecule has 1 aromatic carbocycles. The molecular formula is C12H20N2O3S. The third-order valence-corrected chi connectivity index (χ3v) is 4.44. The number of hydrogen-bond acceptors (Lipinski definition) is 3. The second kappa shape index (κ2) is 6.17. The standard InChI is InChI=1S/C12H20N2O3S/c1-11-5-7-12(8-6-11)17-10-9-14(4)18(15,16)13(2)3/h5-8H,9-10H2,1-4H3. The van der Waals surface area contributed by atoms with Crippen molar-refractivity contribution in [3.05, 3.63) is 29.8 Å². The van der Waals surface area contributed by atoms with Crippen LogP contribution in [0.3, 0.4) is 0 Å². The molecule has 0 amide bonds. The van der Waals surface area contributed by atoms with Gasteiger partial charge >= 0.3 is 0 Å². The number of ether oxygens (including phenoxy) is 1. The van der Waals surface area contributed by atoms with Crippen molar-refractivity contribution in [2.45, 2.75) is 6.92 Å². The van der Waals surface area contributed by atoms with Crippen molar-refractivity contribution in [2.24, 2.45) is 0 Å². The first-order valence-corrected chi connectivity index (χ1v) is 7.07. The fourth-order valence-electron chi connectivity index (χ4n) is 1.32. The highest BCUT2D eigenvalue weighted by Crippen LogP contribution is 2.11. The van der Waals surface area contributed by atoms with Gasteiger partial charge in [-0.25, -0.2) is 0 Å². The molecule has 5 nitrogen and oxygen atoms in total. The summed E-state index contributed by atoms with van der Waals surface area (Å²) in [5.41, 5.74) is 1.16. The molecule has 0 aliphatic rings. The molecule has 0 fully saturated rings. The third-order valence-electron chi connectivity index (χ3n) is 2.55. The lowest BCUT2D eigenvalue weighted by molar-refractivity contribution is 0.281. The number of likely N-dealkylation sites (N-methyl/N-ethyl adjacent to an activating group) is 1. The molecule has 0 saturated carbocycles. The van der Waals surface area contributed by atoms with Gasteiger partial charge in [0.25, 0.3) is 10.2 Å². The maximum absolute atomic E-state index is 11.7. The Morgan fingerprint density at radius 2 is 1.67 bits per heavy atom. The molecule has 0 atom stereocenters. The summed E-state index contributed by atoms with van der Waals surface area (Å²) in [4.78, 5) is 0. The quantitative estimate of drug-likeness (QED) is 0.779. The SMILES string of the molecule is Cc1ccc(OCCN(C)S(=O)(=O)N(C)C)cc1. The number of hydrogen-bond donors (Lipinski definition) is 0. The van der Waals surface area contributed by atoms with Crippen LogP contribution in [-0.4, -0.2) is 51.3 Å². The summed E-state index contributed by atoms with van der Waals surface area (Å²) in [6.07, 6.45) is 0. The van der Waals surface area contributed by atoms with Crippen LogP contribution in [-0.2, 0) is 10.2 Å². The Balaban J connectivity index is 2.45. The van der Waals surface area contributed by atoms with Crippen molar-refractivity contribution >= 4 is 10.2 Å². The predicted octanol–water partition coefficient (Wildman–Crippen LogP) is 1.11. The van der Waals surface area contributed by atoms with E-state index in [9.17, 15) is 8.42 Å². The molecule has 0 aliphatic heterocycles. The zero-order valence-electron chi connectivity index (χ0n) is 11.3. The molecule has 6 heteroatoms. The van der Waals surface area contributed by atoms with Crippen molar-refractivity contribution in [3.63, 3.8) is 0 Å². The molecule has 1 rings (SSSR count). The molecule has 0 bridgehead atoms. The fraction of sp³-hybridized carbons (Fsp3) is 0.500. The zero-order chi connectivity index (χ0) is 13.8. The zero-order valence-corrected chi connectivity index (χ0v) is 12.1. The highest BCUT2D eigenvalue weighted by Gasteiger charge is 2.19. The number of aryl methyl sites for hydroxylation is 1. The highest BCUT2D eigenvalue weighted by molar-refractivity contribution is 7.86. The lowest BCUT2D eigenvalue weighted by Crippen LogP contribution is -2.39. The van der Waals surface area contributed by atoms with E-state index in [-0.39, 0.29) is 0 Å². The second-order valence-corrected chi connectivity index (χ2v) is 6.52. The topological polar surface area (TPSA) is 49.9 Å². The Kier molecular flexibility index (Phi) is 5.13. The lowest BCUT2D eigenvalue weighted by atomic mass is 10.2. The summed E-state index contributed by atoms with van der Waals surface area (Å²) in [5, 5.41) is 0. The molecule has 0 radical (unpaired) electrons. The van der Waals surface area contributed by atoms with Gasteiger partial charge in [-0.15, -0.1) is 0 Å². The predicted molar refractivity (Wildman–Crippen MR) is 71.9 cm³/mol. The molecule has 0 spiro atoms. The van der Waals surface area contributed by atoms with Crippen LogP contribution >= 0.6 is 0 Å². The Hall–Kier alpha value is -1.11. The summed E-state index contributed by atoms with van der Waals surface area (Å²) >= 11 is 0. The maximum Gasteiger partial charge on any atom is 0.281 e. The average molecular weight is 272 g/mol. The molecule has 0 aromatic heterocycles. The molecular weight excluding hydrogens is 252 g/mol. The van der Waals surface area contributed by atoms with Gasteiger partial charge in [-0.05, 0) is 19.1 Å². The summed E-state index contributed by atoms with van der Waals surface area (Å²) in [6.45, 7) is 2.64. The Morgan fingerprint density at radius 3 is 2.17 bits per heavy atom. The summed E-state index contributed by atoms with van der Waals surface area (Å²) < 4.78 is 31.4. The lowest BCUT2D eigenvalue weighted by Gasteiger charge is -2.21. The Morgan fingerprint density at radius 1 is 1.11 bits per heavy atom. The number of benzene rings is 1. The average Bonchev–Trinajstić information content (AvgIpc) is 2.31. The van der Waals surface area contributed by atoms with Crippen molar-refractivity contribution in [2.75, 3.05) is 34.3 Å². The van der Waals surface area contributed by atoms with Crippen molar-refractivity contribution in [1.29, 1.82) is 0 Å². The van der Waals surface area contributed by atoms with Crippen LogP contribution in [0.2, 0.25) is 0 Å². The molecule has 18 heavy (non-hydrogen) atoms. The van der Waals surface area contributed by atoms with Crippen LogP contribution in [0.15, 0.2) is 24.3 Å². The van der Waals surface area contributed by atoms with Gasteiger partial charge in [-0.1, -0.05) is 17.7 Å². The van der Waals surface area contributed by atoms with Gasteiger partial charge < -0.3 is 4.74 Å². The van der Waals surface area contributed by atoms with E-state index in [2.05, 4.69) is 0 Å². The van der Waals surface area contributed by atoms with Crippen LogP contribution in [0.1, 0.15) is 5.56 Å². The van der Waals surface area contributed by atoms with E-state index in [0.29, 0.717) is 13.2 Å². The summed E-state index contributed by atoms with van der Waals surface area (Å²) in [7, 11) is 1.20. The van der Waals surface area contributed by atoms with Gasteiger partial charge in [0.1, 0.15) is 12.4 Å². The monoisotopic (exact) mass is 272 g/mol.